The number of aliphatic imine (C=N–C) groups is 1. The van der Waals surface area contributed by atoms with Crippen molar-refractivity contribution in [3.8, 4) is 0 Å². The van der Waals surface area contributed by atoms with Gasteiger partial charge in [0.25, 0.3) is 0 Å². The van der Waals surface area contributed by atoms with Gasteiger partial charge in [-0.05, 0) is 32.9 Å². The van der Waals surface area contributed by atoms with Gasteiger partial charge in [-0.1, -0.05) is 6.42 Å². The number of hydrogen-bond acceptors (Lipinski definition) is 4. The van der Waals surface area contributed by atoms with E-state index in [1.165, 1.54) is 25.5 Å². The molecule has 84 valence electrons. The Morgan fingerprint density at radius 1 is 1.33 bits per heavy atom. The van der Waals surface area contributed by atoms with Gasteiger partial charge in [0.1, 0.15) is 5.04 Å². The molecule has 0 aliphatic carbocycles. The molecule has 0 unspecified atom stereocenters. The fourth-order valence-corrected chi connectivity index (χ4v) is 3.07. The third kappa shape index (κ3) is 2.13. The lowest BCUT2D eigenvalue weighted by Gasteiger charge is -2.26. The van der Waals surface area contributed by atoms with Gasteiger partial charge in [-0.2, -0.15) is 0 Å². The van der Waals surface area contributed by atoms with E-state index in [0.29, 0.717) is 11.4 Å². The lowest BCUT2D eigenvalue weighted by atomic mass is 10.1. The van der Waals surface area contributed by atoms with Crippen molar-refractivity contribution in [1.82, 2.24) is 4.90 Å². The Balaban J connectivity index is 2.02. The Hall–Kier alpha value is -0.680. The maximum atomic E-state index is 11.7. The molecule has 2 aliphatic heterocycles. The van der Waals surface area contributed by atoms with Crippen LogP contribution in [0, 0.1) is 0 Å². The second kappa shape index (κ2) is 4.06. The van der Waals surface area contributed by atoms with Gasteiger partial charge >= 0.3 is 0 Å². The van der Waals surface area contributed by atoms with E-state index in [2.05, 4.69) is 9.89 Å². The lowest BCUT2D eigenvalue weighted by molar-refractivity contribution is 0.249. The summed E-state index contributed by atoms with van der Waals surface area (Å²) < 4.78 is 23.5. The first kappa shape index (κ1) is 10.8. The van der Waals surface area contributed by atoms with Crippen LogP contribution in [0.25, 0.3) is 0 Å². The Morgan fingerprint density at radius 2 is 2.00 bits per heavy atom. The molecule has 0 saturated carbocycles. The van der Waals surface area contributed by atoms with Crippen LogP contribution in [-0.2, 0) is 9.84 Å². The van der Waals surface area contributed by atoms with Crippen molar-refractivity contribution < 1.29 is 8.42 Å². The second-order valence-electron chi connectivity index (χ2n) is 4.08. The van der Waals surface area contributed by atoms with Gasteiger partial charge in [-0.15, -0.1) is 0 Å². The van der Waals surface area contributed by atoms with E-state index in [1.54, 1.807) is 6.92 Å². The SMILES string of the molecule is CC1=NC=C(CN2CCCCC2)S1(=O)=O. The van der Waals surface area contributed by atoms with Crippen molar-refractivity contribution in [2.24, 2.45) is 4.99 Å². The summed E-state index contributed by atoms with van der Waals surface area (Å²) in [6, 6.07) is 0. The van der Waals surface area contributed by atoms with Gasteiger partial charge in [-0.3, -0.25) is 4.90 Å². The molecule has 2 aliphatic rings. The highest BCUT2D eigenvalue weighted by Gasteiger charge is 2.27. The van der Waals surface area contributed by atoms with Crippen molar-refractivity contribution in [2.75, 3.05) is 19.6 Å². The van der Waals surface area contributed by atoms with Crippen molar-refractivity contribution in [2.45, 2.75) is 26.2 Å². The van der Waals surface area contributed by atoms with Crippen molar-refractivity contribution >= 4 is 14.9 Å². The molecule has 0 N–H and O–H groups in total. The highest BCUT2D eigenvalue weighted by molar-refractivity contribution is 8.09. The first-order valence-corrected chi connectivity index (χ1v) is 6.80. The summed E-state index contributed by atoms with van der Waals surface area (Å²) in [5.41, 5.74) is 0. The molecule has 15 heavy (non-hydrogen) atoms. The second-order valence-corrected chi connectivity index (χ2v) is 6.21. The third-order valence-electron chi connectivity index (χ3n) is 2.95. The normalized spacial score (nSPS) is 26.2. The van der Waals surface area contributed by atoms with Crippen LogP contribution >= 0.6 is 0 Å². The van der Waals surface area contributed by atoms with Gasteiger partial charge in [0.2, 0.25) is 9.84 Å². The molecule has 1 saturated heterocycles. The molecular formula is C10H16N2O2S. The minimum absolute atomic E-state index is 0.231. The van der Waals surface area contributed by atoms with E-state index in [9.17, 15) is 8.42 Å². The number of likely N-dealkylation sites (tertiary alicyclic amines) is 1. The fraction of sp³-hybridized carbons (Fsp3) is 0.700. The van der Waals surface area contributed by atoms with Crippen LogP contribution in [0.15, 0.2) is 16.1 Å². The average molecular weight is 228 g/mol. The number of sulfone groups is 1. The summed E-state index contributed by atoms with van der Waals surface area (Å²) >= 11 is 0. The molecule has 0 aromatic carbocycles. The molecule has 0 radical (unpaired) electrons. The maximum absolute atomic E-state index is 11.7. The summed E-state index contributed by atoms with van der Waals surface area (Å²) in [5, 5.41) is 0.231. The van der Waals surface area contributed by atoms with Gasteiger partial charge in [-0.25, -0.2) is 13.4 Å². The van der Waals surface area contributed by atoms with E-state index in [-0.39, 0.29) is 5.04 Å². The van der Waals surface area contributed by atoms with Gasteiger partial charge in [0, 0.05) is 12.7 Å². The molecule has 0 aromatic rings. The molecule has 0 bridgehead atoms. The zero-order valence-electron chi connectivity index (χ0n) is 8.94. The fourth-order valence-electron chi connectivity index (χ4n) is 1.96. The Labute approximate surface area is 90.6 Å². The highest BCUT2D eigenvalue weighted by Crippen LogP contribution is 2.20. The van der Waals surface area contributed by atoms with Crippen LogP contribution in [0.3, 0.4) is 0 Å². The van der Waals surface area contributed by atoms with E-state index in [0.717, 1.165) is 13.1 Å². The van der Waals surface area contributed by atoms with E-state index >= 15 is 0 Å². The number of piperidine rings is 1. The highest BCUT2D eigenvalue weighted by atomic mass is 32.2. The predicted octanol–water partition coefficient (Wildman–Crippen LogP) is 1.16. The van der Waals surface area contributed by atoms with Crippen LogP contribution in [0.5, 0.6) is 0 Å². The van der Waals surface area contributed by atoms with Gasteiger partial charge < -0.3 is 0 Å². The zero-order valence-corrected chi connectivity index (χ0v) is 9.76. The van der Waals surface area contributed by atoms with Crippen LogP contribution < -0.4 is 0 Å². The smallest absolute Gasteiger partial charge is 0.218 e. The van der Waals surface area contributed by atoms with E-state index in [1.807, 2.05) is 0 Å². The first-order chi connectivity index (χ1) is 7.10. The average Bonchev–Trinajstić information content (AvgIpc) is 2.47. The van der Waals surface area contributed by atoms with E-state index in [4.69, 9.17) is 0 Å². The van der Waals surface area contributed by atoms with Crippen LogP contribution in [0.2, 0.25) is 0 Å². The molecule has 2 rings (SSSR count). The van der Waals surface area contributed by atoms with Gasteiger partial charge in [0.15, 0.2) is 0 Å². The summed E-state index contributed by atoms with van der Waals surface area (Å²) in [6.07, 6.45) is 5.11. The summed E-state index contributed by atoms with van der Waals surface area (Å²) in [4.78, 5) is 6.53. The minimum Gasteiger partial charge on any atom is -0.298 e. The third-order valence-corrected chi connectivity index (χ3v) is 4.76. The van der Waals surface area contributed by atoms with Crippen molar-refractivity contribution in [3.05, 3.63) is 11.1 Å². The largest absolute Gasteiger partial charge is 0.298 e. The van der Waals surface area contributed by atoms with Gasteiger partial charge in [0.05, 0.1) is 4.91 Å². The molecule has 0 amide bonds. The number of nitrogens with zero attached hydrogens (tertiary/aromatic N) is 2. The number of hydrogen-bond donors (Lipinski definition) is 0. The van der Waals surface area contributed by atoms with Crippen molar-refractivity contribution in [1.29, 1.82) is 0 Å². The standard InChI is InChI=1S/C10H16N2O2S/c1-9-11-7-10(15(9,13)14)8-12-5-3-2-4-6-12/h7H,2-6,8H2,1H3. The molecule has 5 heteroatoms. The minimum atomic E-state index is -3.20. The molecule has 2 heterocycles. The maximum Gasteiger partial charge on any atom is 0.218 e. The van der Waals surface area contributed by atoms with Crippen LogP contribution in [0.1, 0.15) is 26.2 Å². The molecule has 4 nitrogen and oxygen atoms in total. The summed E-state index contributed by atoms with van der Waals surface area (Å²) in [6.45, 7) is 4.09. The lowest BCUT2D eigenvalue weighted by Crippen LogP contribution is -2.33. The Bertz CT molecular complexity index is 403. The van der Waals surface area contributed by atoms with Crippen LogP contribution in [-0.4, -0.2) is 38.0 Å². The molecular weight excluding hydrogens is 212 g/mol. The monoisotopic (exact) mass is 228 g/mol. The quantitative estimate of drug-likeness (QED) is 0.712. The summed E-state index contributed by atoms with van der Waals surface area (Å²) in [7, 11) is -3.20. The van der Waals surface area contributed by atoms with Crippen molar-refractivity contribution in [3.63, 3.8) is 0 Å². The Kier molecular flexibility index (Phi) is 2.93. The molecule has 0 spiro atoms. The topological polar surface area (TPSA) is 49.7 Å². The molecule has 1 fully saturated rings. The Morgan fingerprint density at radius 3 is 2.53 bits per heavy atom. The summed E-state index contributed by atoms with van der Waals surface area (Å²) in [5.74, 6) is 0. The molecule has 0 aromatic heterocycles. The number of rotatable bonds is 2. The first-order valence-electron chi connectivity index (χ1n) is 5.31. The van der Waals surface area contributed by atoms with Crippen LogP contribution in [0.4, 0.5) is 0 Å². The predicted molar refractivity (Wildman–Crippen MR) is 60.4 cm³/mol. The molecule has 0 atom stereocenters. The van der Waals surface area contributed by atoms with E-state index < -0.39 is 9.84 Å². The zero-order chi connectivity index (χ0) is 10.9.